The summed E-state index contributed by atoms with van der Waals surface area (Å²) < 4.78 is 29.9. The van der Waals surface area contributed by atoms with Crippen LogP contribution in [0.25, 0.3) is 11.3 Å². The molecule has 0 radical (unpaired) electrons. The van der Waals surface area contributed by atoms with Gasteiger partial charge in [0, 0.05) is 10.4 Å². The maximum Gasteiger partial charge on any atom is 0.310 e. The normalized spacial score (nSPS) is 11.9. The Bertz CT molecular complexity index is 937. The van der Waals surface area contributed by atoms with Crippen LogP contribution in [0.5, 0.6) is 0 Å². The highest BCUT2D eigenvalue weighted by atomic mass is 32.2. The van der Waals surface area contributed by atoms with Gasteiger partial charge in [0.1, 0.15) is 5.54 Å². The van der Waals surface area contributed by atoms with Crippen LogP contribution in [-0.4, -0.2) is 44.2 Å². The van der Waals surface area contributed by atoms with Crippen molar-refractivity contribution in [3.63, 3.8) is 0 Å². The number of hydrogen-bond donors (Lipinski definition) is 2. The number of benzene rings is 1. The minimum atomic E-state index is -3.57. The number of carbonyl (C=O) groups excluding carboxylic acids is 2. The van der Waals surface area contributed by atoms with E-state index in [0.717, 1.165) is 23.2 Å². The molecular formula is C17H21N3O5S2. The maximum atomic E-state index is 12.5. The molecule has 0 aliphatic carbocycles. The van der Waals surface area contributed by atoms with Gasteiger partial charge in [-0.2, -0.15) is 0 Å². The van der Waals surface area contributed by atoms with Gasteiger partial charge in [-0.3, -0.25) is 9.59 Å². The topological polar surface area (TPSA) is 114 Å². The van der Waals surface area contributed by atoms with Gasteiger partial charge in [0.05, 0.1) is 25.5 Å². The Morgan fingerprint density at radius 3 is 2.41 bits per heavy atom. The second-order valence-corrected chi connectivity index (χ2v) is 9.20. The van der Waals surface area contributed by atoms with Crippen LogP contribution in [0.2, 0.25) is 0 Å². The van der Waals surface area contributed by atoms with E-state index < -0.39 is 27.4 Å². The molecule has 1 amide bonds. The summed E-state index contributed by atoms with van der Waals surface area (Å²) in [5.41, 5.74) is -0.00820. The number of ether oxygens (including phenoxy) is 1. The first kappa shape index (κ1) is 21.0. The Labute approximate surface area is 162 Å². The molecule has 0 saturated heterocycles. The number of carbonyl (C=O) groups is 2. The molecule has 1 aromatic carbocycles. The molecule has 27 heavy (non-hydrogen) atoms. The van der Waals surface area contributed by atoms with E-state index >= 15 is 0 Å². The number of aromatic nitrogens is 1. The summed E-state index contributed by atoms with van der Waals surface area (Å²) in [6.07, 6.45) is 0.993. The molecule has 10 heteroatoms. The molecule has 0 unspecified atom stereocenters. The summed E-state index contributed by atoms with van der Waals surface area (Å²) in [5, 5.41) is 2.88. The Balaban J connectivity index is 2.32. The van der Waals surface area contributed by atoms with Crippen molar-refractivity contribution in [1.29, 1.82) is 0 Å². The lowest BCUT2D eigenvalue weighted by Gasteiger charge is -2.22. The number of nitrogens with one attached hydrogen (secondary N) is 2. The monoisotopic (exact) mass is 411 g/mol. The van der Waals surface area contributed by atoms with Crippen molar-refractivity contribution in [2.24, 2.45) is 0 Å². The van der Waals surface area contributed by atoms with Crippen LogP contribution < -0.4 is 10.0 Å². The third-order valence-corrected chi connectivity index (χ3v) is 5.36. The molecule has 1 heterocycles. The molecule has 0 spiro atoms. The first-order valence-electron chi connectivity index (χ1n) is 7.94. The van der Waals surface area contributed by atoms with Crippen LogP contribution in [0, 0.1) is 0 Å². The van der Waals surface area contributed by atoms with Crippen molar-refractivity contribution in [1.82, 2.24) is 9.71 Å². The van der Waals surface area contributed by atoms with Crippen molar-refractivity contribution >= 4 is 38.4 Å². The standard InChI is InChI=1S/C17H21N3O5S2/c1-17(2,20-27(4,23)24)15(22)19-16-18-14(11-8-6-5-7-9-11)12(26-16)10-13(21)25-3/h5-9,20H,10H2,1-4H3,(H,18,19,22). The fraction of sp³-hybridized carbons (Fsp3) is 0.353. The lowest BCUT2D eigenvalue weighted by Crippen LogP contribution is -2.51. The molecule has 0 aliphatic heterocycles. The molecule has 2 rings (SSSR count). The van der Waals surface area contributed by atoms with Crippen molar-refractivity contribution in [2.45, 2.75) is 25.8 Å². The van der Waals surface area contributed by atoms with Crippen molar-refractivity contribution < 1.29 is 22.7 Å². The first-order valence-corrected chi connectivity index (χ1v) is 10.6. The first-order chi connectivity index (χ1) is 12.5. The van der Waals surface area contributed by atoms with Crippen molar-refractivity contribution in [3.8, 4) is 11.3 Å². The van der Waals surface area contributed by atoms with Crippen LogP contribution in [0.3, 0.4) is 0 Å². The highest BCUT2D eigenvalue weighted by molar-refractivity contribution is 7.88. The molecular weight excluding hydrogens is 390 g/mol. The maximum absolute atomic E-state index is 12.5. The average molecular weight is 412 g/mol. The molecule has 0 aliphatic rings. The van der Waals surface area contributed by atoms with Crippen LogP contribution in [0.15, 0.2) is 30.3 Å². The van der Waals surface area contributed by atoms with E-state index in [-0.39, 0.29) is 11.6 Å². The SMILES string of the molecule is COC(=O)Cc1sc(NC(=O)C(C)(C)NS(C)(=O)=O)nc1-c1ccccc1. The van der Waals surface area contributed by atoms with Gasteiger partial charge in [0.15, 0.2) is 5.13 Å². The highest BCUT2D eigenvalue weighted by Crippen LogP contribution is 2.32. The van der Waals surface area contributed by atoms with Gasteiger partial charge in [-0.15, -0.1) is 11.3 Å². The van der Waals surface area contributed by atoms with Crippen LogP contribution in [0.1, 0.15) is 18.7 Å². The number of rotatable bonds is 7. The fourth-order valence-corrected chi connectivity index (χ4v) is 4.30. The van der Waals surface area contributed by atoms with Gasteiger partial charge >= 0.3 is 5.97 Å². The van der Waals surface area contributed by atoms with Gasteiger partial charge < -0.3 is 10.1 Å². The number of nitrogens with zero attached hydrogens (tertiary/aromatic N) is 1. The van der Waals surface area contributed by atoms with Gasteiger partial charge in [-0.05, 0) is 13.8 Å². The molecule has 0 saturated carbocycles. The van der Waals surface area contributed by atoms with Crippen molar-refractivity contribution in [2.75, 3.05) is 18.7 Å². The second-order valence-electron chi connectivity index (χ2n) is 6.36. The van der Waals surface area contributed by atoms with Crippen LogP contribution in [-0.2, 0) is 30.8 Å². The number of thiazole rings is 1. The molecule has 146 valence electrons. The largest absolute Gasteiger partial charge is 0.469 e. The average Bonchev–Trinajstić information content (AvgIpc) is 2.95. The minimum absolute atomic E-state index is 0.0131. The van der Waals surface area contributed by atoms with E-state index in [2.05, 4.69) is 15.0 Å². The Morgan fingerprint density at radius 2 is 1.85 bits per heavy atom. The molecule has 0 bridgehead atoms. The van der Waals surface area contributed by atoms with E-state index in [1.54, 1.807) is 0 Å². The third kappa shape index (κ3) is 5.84. The summed E-state index contributed by atoms with van der Waals surface area (Å²) in [7, 11) is -2.27. The predicted octanol–water partition coefficient (Wildman–Crippen LogP) is 1.79. The van der Waals surface area contributed by atoms with E-state index in [1.165, 1.54) is 21.0 Å². The summed E-state index contributed by atoms with van der Waals surface area (Å²) >= 11 is 1.14. The molecule has 1 aromatic heterocycles. The quantitative estimate of drug-likeness (QED) is 0.672. The number of esters is 1. The summed E-state index contributed by atoms with van der Waals surface area (Å²) in [6, 6.07) is 9.23. The number of methoxy groups -OCH3 is 1. The molecule has 8 nitrogen and oxygen atoms in total. The Kier molecular flexibility index (Phi) is 6.34. The smallest absolute Gasteiger partial charge is 0.310 e. The summed E-state index contributed by atoms with van der Waals surface area (Å²) in [6.45, 7) is 2.90. The van der Waals surface area contributed by atoms with Gasteiger partial charge in [-0.1, -0.05) is 30.3 Å². The van der Waals surface area contributed by atoms with E-state index in [4.69, 9.17) is 4.74 Å². The predicted molar refractivity (Wildman–Crippen MR) is 104 cm³/mol. The zero-order valence-electron chi connectivity index (χ0n) is 15.4. The number of anilines is 1. The Morgan fingerprint density at radius 1 is 1.22 bits per heavy atom. The summed E-state index contributed by atoms with van der Waals surface area (Å²) in [5.74, 6) is -0.987. The molecule has 2 aromatic rings. The van der Waals surface area contributed by atoms with Gasteiger partial charge in [0.2, 0.25) is 15.9 Å². The van der Waals surface area contributed by atoms with Gasteiger partial charge in [-0.25, -0.2) is 18.1 Å². The zero-order chi connectivity index (χ0) is 20.2. The minimum Gasteiger partial charge on any atom is -0.469 e. The van der Waals surface area contributed by atoms with Crippen LogP contribution >= 0.6 is 11.3 Å². The Hall–Kier alpha value is -2.30. The highest BCUT2D eigenvalue weighted by Gasteiger charge is 2.31. The number of amides is 1. The van der Waals surface area contributed by atoms with Crippen LogP contribution in [0.4, 0.5) is 5.13 Å². The van der Waals surface area contributed by atoms with E-state index in [9.17, 15) is 18.0 Å². The second kappa shape index (κ2) is 8.15. The van der Waals surface area contributed by atoms with Gasteiger partial charge in [0.25, 0.3) is 0 Å². The molecule has 2 N–H and O–H groups in total. The third-order valence-electron chi connectivity index (χ3n) is 3.51. The lowest BCUT2D eigenvalue weighted by atomic mass is 10.1. The van der Waals surface area contributed by atoms with E-state index in [0.29, 0.717) is 10.6 Å². The fourth-order valence-electron chi connectivity index (χ4n) is 2.31. The van der Waals surface area contributed by atoms with E-state index in [1.807, 2.05) is 30.3 Å². The summed E-state index contributed by atoms with van der Waals surface area (Å²) in [4.78, 5) is 29.2. The molecule has 0 fully saturated rings. The van der Waals surface area contributed by atoms with Crippen molar-refractivity contribution in [3.05, 3.63) is 35.2 Å². The number of sulfonamides is 1. The zero-order valence-corrected chi connectivity index (χ0v) is 17.0. The number of hydrogen-bond acceptors (Lipinski definition) is 7. The lowest BCUT2D eigenvalue weighted by molar-refractivity contribution is -0.139. The molecule has 0 atom stereocenters.